The molecule has 0 N–H and O–H groups in total. The maximum absolute atomic E-state index is 12.0. The van der Waals surface area contributed by atoms with Gasteiger partial charge in [0.1, 0.15) is 5.75 Å². The molecule has 2 aromatic rings. The molecule has 1 aliphatic heterocycles. The molecule has 0 unspecified atom stereocenters. The number of nitrogens with zero attached hydrogens (tertiary/aromatic N) is 2. The maximum atomic E-state index is 12.0. The van der Waals surface area contributed by atoms with Crippen molar-refractivity contribution < 1.29 is 14.3 Å². The van der Waals surface area contributed by atoms with Gasteiger partial charge in [0.05, 0.1) is 12.8 Å². The number of anilines is 1. The molecule has 112 valence electrons. The Labute approximate surface area is 128 Å². The second-order valence-electron chi connectivity index (χ2n) is 4.96. The van der Waals surface area contributed by atoms with E-state index in [1.165, 1.54) is 5.01 Å². The lowest BCUT2D eigenvalue weighted by Gasteiger charge is -2.24. The average molecular weight is 296 g/mol. The van der Waals surface area contributed by atoms with E-state index in [0.29, 0.717) is 11.6 Å². The minimum absolute atomic E-state index is 0.0290. The second kappa shape index (κ2) is 5.89. The van der Waals surface area contributed by atoms with Gasteiger partial charge in [0.25, 0.3) is 5.91 Å². The van der Waals surface area contributed by atoms with Crippen LogP contribution in [-0.4, -0.2) is 25.5 Å². The average Bonchev–Trinajstić information content (AvgIpc) is 2.56. The van der Waals surface area contributed by atoms with Crippen LogP contribution in [0.3, 0.4) is 0 Å². The van der Waals surface area contributed by atoms with Gasteiger partial charge >= 0.3 is 0 Å². The molecule has 22 heavy (non-hydrogen) atoms. The van der Waals surface area contributed by atoms with Crippen LogP contribution in [0.25, 0.3) is 0 Å². The summed E-state index contributed by atoms with van der Waals surface area (Å²) in [5.41, 5.74) is 2.68. The van der Waals surface area contributed by atoms with Crippen LogP contribution in [0.5, 0.6) is 5.75 Å². The predicted molar refractivity (Wildman–Crippen MR) is 84.1 cm³/mol. The zero-order chi connectivity index (χ0) is 15.5. The first-order valence-corrected chi connectivity index (χ1v) is 6.93. The molecule has 0 atom stereocenters. The Hall–Kier alpha value is -2.82. The molecule has 1 amide bonds. The number of methoxy groups -OCH3 is 1. The number of hydrazone groups is 1. The third kappa shape index (κ3) is 2.79. The molecule has 1 aliphatic rings. The van der Waals surface area contributed by atoms with E-state index in [-0.39, 0.29) is 12.5 Å². The van der Waals surface area contributed by atoms with E-state index < -0.39 is 0 Å². The van der Waals surface area contributed by atoms with Gasteiger partial charge < -0.3 is 9.47 Å². The van der Waals surface area contributed by atoms with Crippen molar-refractivity contribution in [2.24, 2.45) is 5.10 Å². The van der Waals surface area contributed by atoms with Crippen LogP contribution in [0, 0.1) is 6.92 Å². The summed E-state index contributed by atoms with van der Waals surface area (Å²) in [7, 11) is 1.60. The van der Waals surface area contributed by atoms with Gasteiger partial charge in [-0.3, -0.25) is 4.79 Å². The molecular formula is C17H16N2O3. The zero-order valence-corrected chi connectivity index (χ0v) is 12.4. The number of aryl methyl sites for hydroxylation is 1. The monoisotopic (exact) mass is 296 g/mol. The molecule has 0 aliphatic carbocycles. The highest BCUT2D eigenvalue weighted by Gasteiger charge is 2.23. The van der Waals surface area contributed by atoms with Crippen molar-refractivity contribution in [2.75, 3.05) is 18.7 Å². The molecule has 2 aromatic carbocycles. The molecule has 0 spiro atoms. The van der Waals surface area contributed by atoms with Crippen molar-refractivity contribution in [3.05, 3.63) is 59.7 Å². The lowest BCUT2D eigenvalue weighted by atomic mass is 10.1. The molecule has 0 saturated heterocycles. The smallest absolute Gasteiger partial charge is 0.285 e. The summed E-state index contributed by atoms with van der Waals surface area (Å²) in [6.45, 7) is 1.99. The predicted octanol–water partition coefficient (Wildman–Crippen LogP) is 2.73. The van der Waals surface area contributed by atoms with Crippen molar-refractivity contribution in [3.8, 4) is 5.75 Å². The van der Waals surface area contributed by atoms with Gasteiger partial charge in [-0.1, -0.05) is 17.7 Å². The number of amides is 1. The number of ether oxygens (including phenoxy) is 2. The van der Waals surface area contributed by atoms with Crippen molar-refractivity contribution in [1.29, 1.82) is 0 Å². The minimum atomic E-state index is -0.207. The van der Waals surface area contributed by atoms with Crippen LogP contribution in [-0.2, 0) is 9.53 Å². The number of carbonyl (C=O) groups is 1. The minimum Gasteiger partial charge on any atom is -0.497 e. The first kappa shape index (κ1) is 14.1. The van der Waals surface area contributed by atoms with Crippen LogP contribution in [0.1, 0.15) is 11.1 Å². The first-order valence-electron chi connectivity index (χ1n) is 6.93. The van der Waals surface area contributed by atoms with E-state index in [1.54, 1.807) is 31.4 Å². The van der Waals surface area contributed by atoms with Gasteiger partial charge in [-0.05, 0) is 43.3 Å². The molecule has 1 heterocycles. The molecule has 0 saturated carbocycles. The molecular weight excluding hydrogens is 280 g/mol. The molecule has 0 bridgehead atoms. The zero-order valence-electron chi connectivity index (χ0n) is 12.4. The van der Waals surface area contributed by atoms with Gasteiger partial charge in [-0.2, -0.15) is 5.01 Å². The lowest BCUT2D eigenvalue weighted by Crippen LogP contribution is -2.36. The fourth-order valence-electron chi connectivity index (χ4n) is 2.13. The number of benzene rings is 2. The van der Waals surface area contributed by atoms with Crippen molar-refractivity contribution in [2.45, 2.75) is 6.92 Å². The van der Waals surface area contributed by atoms with Crippen LogP contribution in [0.4, 0.5) is 5.69 Å². The van der Waals surface area contributed by atoms with Gasteiger partial charge in [-0.25, -0.2) is 0 Å². The Morgan fingerprint density at radius 2 is 1.77 bits per heavy atom. The van der Waals surface area contributed by atoms with Gasteiger partial charge in [0, 0.05) is 5.56 Å². The summed E-state index contributed by atoms with van der Waals surface area (Å²) in [5, 5.41) is 5.69. The van der Waals surface area contributed by atoms with Gasteiger partial charge in [0.15, 0.2) is 6.61 Å². The van der Waals surface area contributed by atoms with Crippen LogP contribution in [0.15, 0.2) is 53.6 Å². The fourth-order valence-corrected chi connectivity index (χ4v) is 2.13. The highest BCUT2D eigenvalue weighted by molar-refractivity contribution is 6.04. The summed E-state index contributed by atoms with van der Waals surface area (Å²) < 4.78 is 10.6. The van der Waals surface area contributed by atoms with Gasteiger partial charge in [-0.15, -0.1) is 5.10 Å². The Balaban J connectivity index is 1.93. The Morgan fingerprint density at radius 3 is 2.41 bits per heavy atom. The Kier molecular flexibility index (Phi) is 3.78. The molecule has 5 heteroatoms. The van der Waals surface area contributed by atoms with Crippen LogP contribution in [0.2, 0.25) is 0 Å². The number of rotatable bonds is 3. The van der Waals surface area contributed by atoms with Crippen LogP contribution < -0.4 is 9.75 Å². The fraction of sp³-hybridized carbons (Fsp3) is 0.176. The maximum Gasteiger partial charge on any atom is 0.285 e. The van der Waals surface area contributed by atoms with E-state index in [2.05, 4.69) is 5.10 Å². The number of hydrogen-bond acceptors (Lipinski definition) is 4. The number of hydrogen-bond donors (Lipinski definition) is 0. The van der Waals surface area contributed by atoms with E-state index in [4.69, 9.17) is 9.47 Å². The second-order valence-corrected chi connectivity index (χ2v) is 4.96. The summed E-state index contributed by atoms with van der Waals surface area (Å²) >= 11 is 0. The van der Waals surface area contributed by atoms with E-state index in [1.807, 2.05) is 31.2 Å². The highest BCUT2D eigenvalue weighted by atomic mass is 16.5. The van der Waals surface area contributed by atoms with E-state index in [0.717, 1.165) is 16.9 Å². The SMILES string of the molecule is COc1ccc(N2N=C(c3ccc(C)cc3)OCC2=O)cc1. The summed E-state index contributed by atoms with van der Waals surface area (Å²) in [5.74, 6) is 0.962. The summed E-state index contributed by atoms with van der Waals surface area (Å²) in [4.78, 5) is 12.0. The summed E-state index contributed by atoms with van der Waals surface area (Å²) in [6.07, 6.45) is 0. The lowest BCUT2D eigenvalue weighted by molar-refractivity contribution is -0.121. The Bertz CT molecular complexity index is 706. The van der Waals surface area contributed by atoms with Crippen LogP contribution >= 0.6 is 0 Å². The van der Waals surface area contributed by atoms with Gasteiger partial charge in [0.2, 0.25) is 5.90 Å². The standard InChI is InChI=1S/C17H16N2O3/c1-12-3-5-13(6-4-12)17-18-19(16(20)11-22-17)14-7-9-15(21-2)10-8-14/h3-10H,11H2,1-2H3. The van der Waals surface area contributed by atoms with Crippen molar-refractivity contribution in [1.82, 2.24) is 0 Å². The molecule has 0 fully saturated rings. The Morgan fingerprint density at radius 1 is 1.09 bits per heavy atom. The summed E-state index contributed by atoms with van der Waals surface area (Å²) in [6, 6.07) is 15.0. The molecule has 3 rings (SSSR count). The third-order valence-electron chi connectivity index (χ3n) is 3.37. The highest BCUT2D eigenvalue weighted by Crippen LogP contribution is 2.22. The van der Waals surface area contributed by atoms with Crippen molar-refractivity contribution >= 4 is 17.5 Å². The topological polar surface area (TPSA) is 51.1 Å². The normalized spacial score (nSPS) is 14.4. The van der Waals surface area contributed by atoms with E-state index >= 15 is 0 Å². The molecule has 5 nitrogen and oxygen atoms in total. The third-order valence-corrected chi connectivity index (χ3v) is 3.37. The molecule has 0 radical (unpaired) electrons. The largest absolute Gasteiger partial charge is 0.497 e. The number of carbonyl (C=O) groups excluding carboxylic acids is 1. The van der Waals surface area contributed by atoms with E-state index in [9.17, 15) is 4.79 Å². The van der Waals surface area contributed by atoms with Crippen molar-refractivity contribution in [3.63, 3.8) is 0 Å². The first-order chi connectivity index (χ1) is 10.7. The quantitative estimate of drug-likeness (QED) is 0.875. The molecule has 0 aromatic heterocycles.